The quantitative estimate of drug-likeness (QED) is 0.264. The lowest BCUT2D eigenvalue weighted by Gasteiger charge is -2.10. The van der Waals surface area contributed by atoms with E-state index in [-0.39, 0.29) is 5.78 Å². The number of Topliss-reactive ketones (excluding diaryl/α,β-unsaturated/α-hetero) is 1. The highest BCUT2D eigenvalue weighted by atomic mass is 32.2. The zero-order valence-electron chi connectivity index (χ0n) is 16.1. The van der Waals surface area contributed by atoms with Gasteiger partial charge in [0.15, 0.2) is 5.78 Å². The summed E-state index contributed by atoms with van der Waals surface area (Å²) in [6.07, 6.45) is 1.55. The van der Waals surface area contributed by atoms with Gasteiger partial charge in [0, 0.05) is 28.0 Å². The van der Waals surface area contributed by atoms with Crippen LogP contribution in [0.1, 0.15) is 27.3 Å². The van der Waals surface area contributed by atoms with Crippen molar-refractivity contribution in [2.75, 3.05) is 5.75 Å². The Morgan fingerprint density at radius 1 is 1.00 bits per heavy atom. The lowest BCUT2D eigenvalue weighted by Crippen LogP contribution is -2.06. The molecular weight excluding hydrogens is 366 g/mol. The van der Waals surface area contributed by atoms with Crippen LogP contribution < -0.4 is 0 Å². The van der Waals surface area contributed by atoms with Crippen LogP contribution in [0.3, 0.4) is 0 Å². The van der Waals surface area contributed by atoms with E-state index in [2.05, 4.69) is 45.7 Å². The molecule has 4 aromatic rings. The highest BCUT2D eigenvalue weighted by Crippen LogP contribution is 2.27. The first kappa shape index (κ1) is 18.4. The summed E-state index contributed by atoms with van der Waals surface area (Å²) in [6, 6.07) is 18.2. The van der Waals surface area contributed by atoms with Gasteiger partial charge in [0.05, 0.1) is 11.3 Å². The molecule has 28 heavy (non-hydrogen) atoms. The third-order valence-electron chi connectivity index (χ3n) is 4.87. The minimum Gasteiger partial charge on any atom is -0.318 e. The van der Waals surface area contributed by atoms with Gasteiger partial charge in [0.1, 0.15) is 11.4 Å². The fourth-order valence-corrected chi connectivity index (χ4v) is 4.32. The third-order valence-corrected chi connectivity index (χ3v) is 5.88. The first-order chi connectivity index (χ1) is 13.5. The van der Waals surface area contributed by atoms with E-state index in [1.165, 1.54) is 17.3 Å². The number of hydrogen-bond acceptors (Lipinski definition) is 4. The van der Waals surface area contributed by atoms with Crippen LogP contribution >= 0.6 is 11.8 Å². The maximum Gasteiger partial charge on any atom is 0.174 e. The molecule has 0 unspecified atom stereocenters. The van der Waals surface area contributed by atoms with Gasteiger partial charge in [-0.2, -0.15) is 0 Å². The Balaban J connectivity index is 1.59. The molecule has 0 fully saturated rings. The molecule has 0 spiro atoms. The van der Waals surface area contributed by atoms with Crippen LogP contribution in [-0.4, -0.2) is 26.1 Å². The molecule has 0 radical (unpaired) electrons. The summed E-state index contributed by atoms with van der Waals surface area (Å²) < 4.78 is 2.14. The standard InChI is InChI=1S/C23H21N3OS/c1-15-8-10-18(11-9-15)26-16(2)12-20(17(26)3)22(27)13-28-23-19-6-4-5-7-21(19)24-14-25-23/h4-12,14H,13H2,1-3H3. The molecule has 0 saturated carbocycles. The number of aromatic nitrogens is 3. The summed E-state index contributed by atoms with van der Waals surface area (Å²) in [6.45, 7) is 6.11. The Labute approximate surface area is 168 Å². The highest BCUT2D eigenvalue weighted by Gasteiger charge is 2.17. The maximum atomic E-state index is 12.9. The topological polar surface area (TPSA) is 47.8 Å². The molecule has 0 amide bonds. The second-order valence-corrected chi connectivity index (χ2v) is 7.83. The average Bonchev–Trinajstić information content (AvgIpc) is 3.01. The number of thioether (sulfide) groups is 1. The predicted octanol–water partition coefficient (Wildman–Crippen LogP) is 5.32. The first-order valence-corrected chi connectivity index (χ1v) is 10.1. The fourth-order valence-electron chi connectivity index (χ4n) is 3.44. The fraction of sp³-hybridized carbons (Fsp3) is 0.174. The minimum atomic E-state index is 0.110. The van der Waals surface area contributed by atoms with E-state index in [1.54, 1.807) is 6.33 Å². The van der Waals surface area contributed by atoms with Crippen molar-refractivity contribution in [2.24, 2.45) is 0 Å². The molecule has 4 rings (SSSR count). The molecule has 0 aliphatic rings. The number of carbonyl (C=O) groups is 1. The number of fused-ring (bicyclic) bond motifs is 1. The minimum absolute atomic E-state index is 0.110. The van der Waals surface area contributed by atoms with Crippen molar-refractivity contribution in [3.8, 4) is 5.69 Å². The van der Waals surface area contributed by atoms with Crippen molar-refractivity contribution in [1.29, 1.82) is 0 Å². The van der Waals surface area contributed by atoms with Gasteiger partial charge >= 0.3 is 0 Å². The molecule has 140 valence electrons. The van der Waals surface area contributed by atoms with E-state index in [4.69, 9.17) is 0 Å². The SMILES string of the molecule is Cc1ccc(-n2c(C)cc(C(=O)CSc3ncnc4ccccc34)c2C)cc1. The maximum absolute atomic E-state index is 12.9. The average molecular weight is 388 g/mol. The molecule has 0 aliphatic heterocycles. The molecule has 2 aromatic heterocycles. The summed E-state index contributed by atoms with van der Waals surface area (Å²) in [5.74, 6) is 0.457. The van der Waals surface area contributed by atoms with E-state index in [0.29, 0.717) is 5.75 Å². The molecular formula is C23H21N3OS. The Bertz CT molecular complexity index is 1160. The van der Waals surface area contributed by atoms with Crippen molar-refractivity contribution in [3.63, 3.8) is 0 Å². The number of carbonyl (C=O) groups excluding carboxylic acids is 1. The van der Waals surface area contributed by atoms with Gasteiger partial charge in [-0.15, -0.1) is 0 Å². The number of nitrogens with zero attached hydrogens (tertiary/aromatic N) is 3. The van der Waals surface area contributed by atoms with Crippen LogP contribution in [0.4, 0.5) is 0 Å². The number of benzene rings is 2. The number of aryl methyl sites for hydroxylation is 2. The molecule has 4 nitrogen and oxygen atoms in total. The van der Waals surface area contributed by atoms with Crippen molar-refractivity contribution in [2.45, 2.75) is 25.8 Å². The van der Waals surface area contributed by atoms with Crippen LogP contribution in [-0.2, 0) is 0 Å². The van der Waals surface area contributed by atoms with Gasteiger partial charge in [-0.3, -0.25) is 4.79 Å². The van der Waals surface area contributed by atoms with Crippen LogP contribution in [0.15, 0.2) is 66.0 Å². The Kier molecular flexibility index (Phi) is 5.01. The Hall–Kier alpha value is -2.92. The van der Waals surface area contributed by atoms with Crippen molar-refractivity contribution < 1.29 is 4.79 Å². The van der Waals surface area contributed by atoms with E-state index in [0.717, 1.165) is 38.6 Å². The molecule has 0 bridgehead atoms. The zero-order chi connectivity index (χ0) is 19.7. The van der Waals surface area contributed by atoms with Gasteiger partial charge in [0.2, 0.25) is 0 Å². The summed E-state index contributed by atoms with van der Waals surface area (Å²) >= 11 is 1.46. The largest absolute Gasteiger partial charge is 0.318 e. The van der Waals surface area contributed by atoms with Gasteiger partial charge in [0.25, 0.3) is 0 Å². The molecule has 0 saturated heterocycles. The normalized spacial score (nSPS) is 11.1. The molecule has 2 heterocycles. The van der Waals surface area contributed by atoms with Crippen molar-refractivity contribution >= 4 is 28.4 Å². The summed E-state index contributed by atoms with van der Waals surface area (Å²) in [5, 5.41) is 1.82. The van der Waals surface area contributed by atoms with Crippen LogP contribution in [0, 0.1) is 20.8 Å². The lowest BCUT2D eigenvalue weighted by atomic mass is 10.2. The summed E-state index contributed by atoms with van der Waals surface area (Å²) in [4.78, 5) is 21.6. The molecule has 0 atom stereocenters. The second-order valence-electron chi connectivity index (χ2n) is 6.86. The molecule has 2 aromatic carbocycles. The Morgan fingerprint density at radius 3 is 2.54 bits per heavy atom. The van der Waals surface area contributed by atoms with Crippen LogP contribution in [0.2, 0.25) is 0 Å². The first-order valence-electron chi connectivity index (χ1n) is 9.16. The number of ketones is 1. The van der Waals surface area contributed by atoms with E-state index >= 15 is 0 Å². The summed E-state index contributed by atoms with van der Waals surface area (Å²) in [5.41, 5.74) is 5.99. The highest BCUT2D eigenvalue weighted by molar-refractivity contribution is 8.00. The smallest absolute Gasteiger partial charge is 0.174 e. The number of rotatable bonds is 5. The zero-order valence-corrected chi connectivity index (χ0v) is 17.0. The van der Waals surface area contributed by atoms with Gasteiger partial charge < -0.3 is 4.57 Å². The van der Waals surface area contributed by atoms with Gasteiger partial charge in [-0.1, -0.05) is 47.7 Å². The summed E-state index contributed by atoms with van der Waals surface area (Å²) in [7, 11) is 0. The molecule has 0 N–H and O–H groups in total. The van der Waals surface area contributed by atoms with E-state index < -0.39 is 0 Å². The van der Waals surface area contributed by atoms with Crippen molar-refractivity contribution in [3.05, 3.63) is 83.4 Å². The lowest BCUT2D eigenvalue weighted by molar-refractivity contribution is 0.102. The molecule has 0 aliphatic carbocycles. The van der Waals surface area contributed by atoms with Gasteiger partial charge in [-0.05, 0) is 45.0 Å². The second kappa shape index (κ2) is 7.60. The molecule has 5 heteroatoms. The van der Waals surface area contributed by atoms with Crippen LogP contribution in [0.5, 0.6) is 0 Å². The van der Waals surface area contributed by atoms with E-state index in [1.807, 2.05) is 44.2 Å². The van der Waals surface area contributed by atoms with E-state index in [9.17, 15) is 4.79 Å². The predicted molar refractivity (Wildman–Crippen MR) is 115 cm³/mol. The van der Waals surface area contributed by atoms with Gasteiger partial charge in [-0.25, -0.2) is 9.97 Å². The van der Waals surface area contributed by atoms with Crippen LogP contribution in [0.25, 0.3) is 16.6 Å². The van der Waals surface area contributed by atoms with Crippen molar-refractivity contribution in [1.82, 2.24) is 14.5 Å². The number of hydrogen-bond donors (Lipinski definition) is 0. The Morgan fingerprint density at radius 2 is 1.75 bits per heavy atom. The number of para-hydroxylation sites is 1. The monoisotopic (exact) mass is 387 g/mol. The third kappa shape index (κ3) is 3.45.